The zero-order valence-corrected chi connectivity index (χ0v) is 18.0. The number of carbonyl (C=O) groups is 1. The van der Waals surface area contributed by atoms with Gasteiger partial charge in [0, 0.05) is 22.7 Å². The Morgan fingerprint density at radius 1 is 1.27 bits per heavy atom. The highest BCUT2D eigenvalue weighted by Gasteiger charge is 2.33. The van der Waals surface area contributed by atoms with Gasteiger partial charge in [0.2, 0.25) is 0 Å². The number of aliphatic imine (C=N–C) groups is 1. The standard InChI is InChI=1S/C22H21Cl2N5O/c1-12(20-27-18-7-5-14(23)10-19(18)28-20)26-22(30)13-4-6-16(17(24)9-13)21-25-11-15-3-2-8-29(15)21/h4-7,9-10,12,15H,2-3,8,11H2,1H3,(H,26,30)(H,27,28). The second kappa shape index (κ2) is 7.60. The maximum Gasteiger partial charge on any atom is 0.251 e. The lowest BCUT2D eigenvalue weighted by atomic mass is 10.1. The molecule has 1 fully saturated rings. The molecule has 1 aromatic heterocycles. The molecule has 1 saturated heterocycles. The average Bonchev–Trinajstić information content (AvgIpc) is 3.43. The molecule has 2 unspecified atom stereocenters. The number of amides is 1. The first kappa shape index (κ1) is 19.4. The number of fused-ring (bicyclic) bond motifs is 2. The van der Waals surface area contributed by atoms with Crippen molar-refractivity contribution < 1.29 is 4.79 Å². The minimum absolute atomic E-state index is 0.207. The van der Waals surface area contributed by atoms with Gasteiger partial charge in [-0.1, -0.05) is 23.2 Å². The molecule has 2 aliphatic rings. The van der Waals surface area contributed by atoms with Crippen LogP contribution >= 0.6 is 23.2 Å². The van der Waals surface area contributed by atoms with Crippen LogP contribution in [0.3, 0.4) is 0 Å². The summed E-state index contributed by atoms with van der Waals surface area (Å²) in [5, 5.41) is 4.15. The van der Waals surface area contributed by atoms with Crippen LogP contribution in [-0.2, 0) is 0 Å². The van der Waals surface area contributed by atoms with Crippen LogP contribution in [-0.4, -0.2) is 45.7 Å². The fraction of sp³-hybridized carbons (Fsp3) is 0.318. The van der Waals surface area contributed by atoms with Gasteiger partial charge in [-0.3, -0.25) is 9.79 Å². The highest BCUT2D eigenvalue weighted by Crippen LogP contribution is 2.29. The molecule has 0 aliphatic carbocycles. The van der Waals surface area contributed by atoms with Crippen LogP contribution in [0.4, 0.5) is 0 Å². The number of hydrogen-bond acceptors (Lipinski definition) is 4. The second-order valence-electron chi connectivity index (χ2n) is 7.83. The first-order chi connectivity index (χ1) is 14.5. The number of H-pyrrole nitrogens is 1. The summed E-state index contributed by atoms with van der Waals surface area (Å²) in [4.78, 5) is 27.6. The van der Waals surface area contributed by atoms with Crippen LogP contribution in [0.15, 0.2) is 41.4 Å². The number of aromatic nitrogens is 2. The summed E-state index contributed by atoms with van der Waals surface area (Å²) in [7, 11) is 0. The lowest BCUT2D eigenvalue weighted by Gasteiger charge is -2.21. The number of imidazole rings is 1. The quantitative estimate of drug-likeness (QED) is 0.621. The van der Waals surface area contributed by atoms with Gasteiger partial charge >= 0.3 is 0 Å². The van der Waals surface area contributed by atoms with Gasteiger partial charge in [-0.15, -0.1) is 0 Å². The molecular formula is C22H21Cl2N5O. The number of nitrogens with zero attached hydrogens (tertiary/aromatic N) is 3. The topological polar surface area (TPSA) is 73.4 Å². The number of nitrogens with one attached hydrogen (secondary N) is 2. The summed E-state index contributed by atoms with van der Waals surface area (Å²) in [5.41, 5.74) is 3.04. The Hall–Kier alpha value is -2.57. The Labute approximate surface area is 184 Å². The Bertz CT molecular complexity index is 1170. The van der Waals surface area contributed by atoms with E-state index in [2.05, 4.69) is 25.2 Å². The van der Waals surface area contributed by atoms with Crippen LogP contribution in [0, 0.1) is 0 Å². The molecule has 5 rings (SSSR count). The average molecular weight is 442 g/mol. The monoisotopic (exact) mass is 441 g/mol. The molecule has 154 valence electrons. The number of aromatic amines is 1. The van der Waals surface area contributed by atoms with E-state index in [-0.39, 0.29) is 11.9 Å². The molecule has 1 amide bonds. The van der Waals surface area contributed by atoms with Gasteiger partial charge < -0.3 is 15.2 Å². The third-order valence-corrected chi connectivity index (χ3v) is 6.34. The Balaban J connectivity index is 1.32. The van der Waals surface area contributed by atoms with Gasteiger partial charge in [0.1, 0.15) is 11.7 Å². The Kier molecular flexibility index (Phi) is 4.91. The third-order valence-electron chi connectivity index (χ3n) is 5.79. The highest BCUT2D eigenvalue weighted by atomic mass is 35.5. The van der Waals surface area contributed by atoms with Crippen molar-refractivity contribution in [1.82, 2.24) is 20.2 Å². The smallest absolute Gasteiger partial charge is 0.251 e. The van der Waals surface area contributed by atoms with Crippen LogP contribution in [0.25, 0.3) is 11.0 Å². The van der Waals surface area contributed by atoms with E-state index in [0.29, 0.717) is 27.5 Å². The van der Waals surface area contributed by atoms with E-state index in [0.717, 1.165) is 35.5 Å². The number of benzene rings is 2. The largest absolute Gasteiger partial charge is 0.352 e. The molecule has 8 heteroatoms. The third kappa shape index (κ3) is 3.44. The molecule has 2 aromatic carbocycles. The summed E-state index contributed by atoms with van der Waals surface area (Å²) < 4.78 is 0. The van der Waals surface area contributed by atoms with Gasteiger partial charge in [0.15, 0.2) is 0 Å². The van der Waals surface area contributed by atoms with E-state index in [1.165, 1.54) is 12.8 Å². The van der Waals surface area contributed by atoms with Gasteiger partial charge in [-0.25, -0.2) is 4.98 Å². The van der Waals surface area contributed by atoms with Gasteiger partial charge in [0.25, 0.3) is 5.91 Å². The molecule has 30 heavy (non-hydrogen) atoms. The molecule has 0 radical (unpaired) electrons. The zero-order chi connectivity index (χ0) is 20.8. The number of carbonyl (C=O) groups excluding carboxylic acids is 1. The van der Waals surface area contributed by atoms with Crippen molar-refractivity contribution in [2.24, 2.45) is 4.99 Å². The number of halogens is 2. The molecule has 6 nitrogen and oxygen atoms in total. The number of hydrogen-bond donors (Lipinski definition) is 2. The summed E-state index contributed by atoms with van der Waals surface area (Å²) in [6, 6.07) is 11.1. The summed E-state index contributed by atoms with van der Waals surface area (Å²) in [5.74, 6) is 1.41. The van der Waals surface area contributed by atoms with E-state index in [1.807, 2.05) is 25.1 Å². The molecule has 0 saturated carbocycles. The normalized spacial score (nSPS) is 19.1. The summed E-state index contributed by atoms with van der Waals surface area (Å²) in [6.07, 6.45) is 2.37. The van der Waals surface area contributed by atoms with Crippen LogP contribution in [0.1, 0.15) is 47.6 Å². The summed E-state index contributed by atoms with van der Waals surface area (Å²) >= 11 is 12.6. The number of rotatable bonds is 4. The summed E-state index contributed by atoms with van der Waals surface area (Å²) in [6.45, 7) is 3.73. The highest BCUT2D eigenvalue weighted by molar-refractivity contribution is 6.34. The van der Waals surface area contributed by atoms with Crippen molar-refractivity contribution in [3.8, 4) is 0 Å². The Morgan fingerprint density at radius 3 is 2.97 bits per heavy atom. The van der Waals surface area contributed by atoms with E-state index < -0.39 is 0 Å². The van der Waals surface area contributed by atoms with E-state index >= 15 is 0 Å². The van der Waals surface area contributed by atoms with Crippen LogP contribution in [0.5, 0.6) is 0 Å². The molecule has 3 heterocycles. The van der Waals surface area contributed by atoms with Crippen LogP contribution < -0.4 is 5.32 Å². The van der Waals surface area contributed by atoms with Crippen LogP contribution in [0.2, 0.25) is 10.0 Å². The zero-order valence-electron chi connectivity index (χ0n) is 16.5. The lowest BCUT2D eigenvalue weighted by Crippen LogP contribution is -2.31. The lowest BCUT2D eigenvalue weighted by molar-refractivity contribution is 0.0938. The first-order valence-electron chi connectivity index (χ1n) is 10.1. The van der Waals surface area contributed by atoms with Crippen molar-refractivity contribution in [2.45, 2.75) is 31.8 Å². The molecule has 2 atom stereocenters. The number of amidine groups is 1. The predicted molar refractivity (Wildman–Crippen MR) is 120 cm³/mol. The first-order valence-corrected chi connectivity index (χ1v) is 10.8. The maximum absolute atomic E-state index is 12.8. The van der Waals surface area contributed by atoms with Gasteiger partial charge in [-0.05, 0) is 56.2 Å². The van der Waals surface area contributed by atoms with Gasteiger partial charge in [-0.2, -0.15) is 0 Å². The Morgan fingerprint density at radius 2 is 2.13 bits per heavy atom. The molecular weight excluding hydrogens is 421 g/mol. The molecule has 3 aromatic rings. The second-order valence-corrected chi connectivity index (χ2v) is 8.67. The van der Waals surface area contributed by atoms with Crippen molar-refractivity contribution in [3.05, 3.63) is 63.4 Å². The van der Waals surface area contributed by atoms with Crippen molar-refractivity contribution in [1.29, 1.82) is 0 Å². The van der Waals surface area contributed by atoms with E-state index in [9.17, 15) is 4.79 Å². The van der Waals surface area contributed by atoms with E-state index in [4.69, 9.17) is 23.2 Å². The minimum atomic E-state index is -0.299. The maximum atomic E-state index is 12.8. The fourth-order valence-corrected chi connectivity index (χ4v) is 4.66. The minimum Gasteiger partial charge on any atom is -0.352 e. The predicted octanol–water partition coefficient (Wildman–Crippen LogP) is 4.59. The molecule has 2 aliphatic heterocycles. The van der Waals surface area contributed by atoms with Crippen molar-refractivity contribution >= 4 is 46.0 Å². The van der Waals surface area contributed by atoms with Gasteiger partial charge in [0.05, 0.1) is 34.7 Å². The van der Waals surface area contributed by atoms with Crippen molar-refractivity contribution in [2.75, 3.05) is 13.1 Å². The molecule has 0 spiro atoms. The molecule has 2 N–H and O–H groups in total. The fourth-order valence-electron chi connectivity index (χ4n) is 4.22. The SMILES string of the molecule is CC(NC(=O)c1ccc(C2=NCC3CCCN23)c(Cl)c1)c1nc2ccc(Cl)cc2[nH]1. The van der Waals surface area contributed by atoms with E-state index in [1.54, 1.807) is 18.2 Å². The van der Waals surface area contributed by atoms with Crippen molar-refractivity contribution in [3.63, 3.8) is 0 Å². The molecule has 0 bridgehead atoms.